The van der Waals surface area contributed by atoms with Crippen LogP contribution in [0.4, 0.5) is 4.39 Å². The lowest BCUT2D eigenvalue weighted by Gasteiger charge is -2.27. The second kappa shape index (κ2) is 14.0. The maximum absolute atomic E-state index is 14.2. The molecule has 31 heavy (non-hydrogen) atoms. The second-order valence-electron chi connectivity index (χ2n) is 8.84. The van der Waals surface area contributed by atoms with Crippen LogP contribution in [-0.2, 0) is 12.8 Å². The van der Waals surface area contributed by atoms with Gasteiger partial charge in [-0.15, -0.1) is 0 Å². The molecule has 0 aliphatic heterocycles. The summed E-state index contributed by atoms with van der Waals surface area (Å²) >= 11 is 0. The third kappa shape index (κ3) is 8.83. The number of hydrogen-bond acceptors (Lipinski definition) is 2. The molecule has 2 nitrogen and oxygen atoms in total. The minimum atomic E-state index is -0.649. The molecule has 0 bridgehead atoms. The molecule has 1 aliphatic rings. The zero-order chi connectivity index (χ0) is 22.5. The van der Waals surface area contributed by atoms with Crippen molar-refractivity contribution in [2.75, 3.05) is 13.1 Å². The Kier molecular flexibility index (Phi) is 11.3. The minimum absolute atomic E-state index is 0.122. The molecule has 0 amide bonds. The third-order valence-electron chi connectivity index (χ3n) is 6.26. The zero-order valence-electron chi connectivity index (χ0n) is 19.6. The highest BCUT2D eigenvalue weighted by Gasteiger charge is 2.25. The molecule has 0 saturated heterocycles. The number of alkyl halides is 1. The Labute approximate surface area is 189 Å². The summed E-state index contributed by atoms with van der Waals surface area (Å²) < 4.78 is 14.2. The fraction of sp³-hybridized carbons (Fsp3) is 0.536. The van der Waals surface area contributed by atoms with Crippen LogP contribution in [0, 0.1) is 11.3 Å². The molecule has 168 valence electrons. The molecule has 2 atom stereocenters. The molecule has 2 aromatic rings. The van der Waals surface area contributed by atoms with Crippen molar-refractivity contribution >= 4 is 0 Å². The van der Waals surface area contributed by atoms with Crippen LogP contribution in [0.1, 0.15) is 75.5 Å². The van der Waals surface area contributed by atoms with Crippen LogP contribution in [0.2, 0.25) is 0 Å². The molecule has 3 rings (SSSR count). The first-order chi connectivity index (χ1) is 15.0. The van der Waals surface area contributed by atoms with Gasteiger partial charge in [0.2, 0.25) is 0 Å². The van der Waals surface area contributed by atoms with E-state index in [1.54, 1.807) is 6.07 Å². The highest BCUT2D eigenvalue weighted by Crippen LogP contribution is 2.35. The average molecular weight is 423 g/mol. The predicted octanol–water partition coefficient (Wildman–Crippen LogP) is 7.10. The molecule has 0 N–H and O–H groups in total. The molecular formula is C28H39FN2. The Balaban J connectivity index is 0.00000107. The summed E-state index contributed by atoms with van der Waals surface area (Å²) in [6, 6.07) is 21.9. The van der Waals surface area contributed by atoms with Gasteiger partial charge in [-0.3, -0.25) is 0 Å². The van der Waals surface area contributed by atoms with Gasteiger partial charge in [0.25, 0.3) is 0 Å². The lowest BCUT2D eigenvalue weighted by molar-refractivity contribution is 0.216. The van der Waals surface area contributed by atoms with E-state index in [0.717, 1.165) is 45.2 Å². The van der Waals surface area contributed by atoms with E-state index in [4.69, 9.17) is 5.26 Å². The monoisotopic (exact) mass is 422 g/mol. The van der Waals surface area contributed by atoms with Gasteiger partial charge in [0, 0.05) is 25.4 Å². The first-order valence-electron chi connectivity index (χ1n) is 11.9. The number of halogens is 1. The summed E-state index contributed by atoms with van der Waals surface area (Å²) in [5.74, 6) is 0.122. The number of rotatable bonds is 9. The Morgan fingerprint density at radius 3 is 2.16 bits per heavy atom. The fourth-order valence-electron chi connectivity index (χ4n) is 4.42. The number of nitrogens with zero attached hydrogens (tertiary/aromatic N) is 2. The molecule has 1 aliphatic carbocycles. The van der Waals surface area contributed by atoms with Crippen LogP contribution in [0.25, 0.3) is 0 Å². The van der Waals surface area contributed by atoms with Crippen LogP contribution in [-0.4, -0.2) is 30.2 Å². The van der Waals surface area contributed by atoms with E-state index >= 15 is 0 Å². The quantitative estimate of drug-likeness (QED) is 0.431. The van der Waals surface area contributed by atoms with Crippen LogP contribution in [0.5, 0.6) is 0 Å². The van der Waals surface area contributed by atoms with Crippen molar-refractivity contribution in [1.82, 2.24) is 4.90 Å². The van der Waals surface area contributed by atoms with Crippen molar-refractivity contribution in [3.8, 4) is 6.07 Å². The summed E-state index contributed by atoms with van der Waals surface area (Å²) in [7, 11) is 0. The summed E-state index contributed by atoms with van der Waals surface area (Å²) in [5.41, 5.74) is 3.99. The van der Waals surface area contributed by atoms with E-state index in [1.807, 2.05) is 0 Å². The van der Waals surface area contributed by atoms with Crippen molar-refractivity contribution in [3.63, 3.8) is 0 Å². The van der Waals surface area contributed by atoms with Crippen molar-refractivity contribution in [3.05, 3.63) is 71.3 Å². The normalized spacial score (nSPS) is 18.4. The summed E-state index contributed by atoms with van der Waals surface area (Å²) in [5, 5.41) is 7.32. The van der Waals surface area contributed by atoms with Gasteiger partial charge in [-0.05, 0) is 69.2 Å². The smallest absolute Gasteiger partial charge is 0.107 e. The van der Waals surface area contributed by atoms with Gasteiger partial charge in [0.05, 0.1) is 6.07 Å². The first kappa shape index (κ1) is 25.1. The van der Waals surface area contributed by atoms with Crippen LogP contribution in [0.3, 0.4) is 0 Å². The van der Waals surface area contributed by atoms with Gasteiger partial charge in [0.15, 0.2) is 0 Å². The average Bonchev–Trinajstić information content (AvgIpc) is 2.78. The van der Waals surface area contributed by atoms with E-state index in [-0.39, 0.29) is 5.92 Å². The summed E-state index contributed by atoms with van der Waals surface area (Å²) in [6.45, 7) is 8.25. The first-order valence-corrected chi connectivity index (χ1v) is 11.9. The number of hydrogen-bond donors (Lipinski definition) is 0. The Hall–Kier alpha value is -2.18. The van der Waals surface area contributed by atoms with Gasteiger partial charge in [0.1, 0.15) is 6.17 Å². The highest BCUT2D eigenvalue weighted by atomic mass is 19.1. The molecule has 2 unspecified atom stereocenters. The summed E-state index contributed by atoms with van der Waals surface area (Å²) in [6.07, 6.45) is 6.68. The van der Waals surface area contributed by atoms with Crippen molar-refractivity contribution in [2.24, 2.45) is 0 Å². The Morgan fingerprint density at radius 2 is 1.55 bits per heavy atom. The van der Waals surface area contributed by atoms with Gasteiger partial charge in [-0.1, -0.05) is 67.4 Å². The van der Waals surface area contributed by atoms with Crippen LogP contribution >= 0.6 is 0 Å². The lowest BCUT2D eigenvalue weighted by Crippen LogP contribution is -2.34. The third-order valence-corrected chi connectivity index (χ3v) is 6.26. The maximum atomic E-state index is 14.2. The Morgan fingerprint density at radius 1 is 0.935 bits per heavy atom. The molecule has 0 aromatic heterocycles. The topological polar surface area (TPSA) is 27.0 Å². The van der Waals surface area contributed by atoms with E-state index in [0.29, 0.717) is 6.04 Å². The molecule has 0 heterocycles. The SMILES string of the molecule is CC#N.CC(C)N(CCCc1ccc(C2CCCCC2F)cc1)CCc1ccccc1. The molecule has 0 spiro atoms. The predicted molar refractivity (Wildman–Crippen MR) is 129 cm³/mol. The molecule has 2 aromatic carbocycles. The van der Waals surface area contributed by atoms with Gasteiger partial charge in [-0.25, -0.2) is 4.39 Å². The second-order valence-corrected chi connectivity index (χ2v) is 8.84. The highest BCUT2D eigenvalue weighted by molar-refractivity contribution is 5.26. The summed E-state index contributed by atoms with van der Waals surface area (Å²) in [4.78, 5) is 2.58. The molecule has 0 radical (unpaired) electrons. The van der Waals surface area contributed by atoms with Crippen LogP contribution < -0.4 is 0 Å². The van der Waals surface area contributed by atoms with E-state index in [9.17, 15) is 4.39 Å². The van der Waals surface area contributed by atoms with Crippen molar-refractivity contribution < 1.29 is 4.39 Å². The standard InChI is InChI=1S/C26H36FN.C2H3N/c1-21(2)28(20-18-22-9-4-3-5-10-22)19-8-11-23-14-16-24(17-15-23)25-12-6-7-13-26(25)27;1-2-3/h3-5,9-10,14-17,21,25-26H,6-8,11-13,18-20H2,1-2H3;1H3. The molecular weight excluding hydrogens is 383 g/mol. The van der Waals surface area contributed by atoms with E-state index in [2.05, 4.69) is 73.3 Å². The molecule has 1 fully saturated rings. The van der Waals surface area contributed by atoms with Gasteiger partial charge in [-0.2, -0.15) is 5.26 Å². The number of aryl methyl sites for hydroxylation is 1. The minimum Gasteiger partial charge on any atom is -0.301 e. The lowest BCUT2D eigenvalue weighted by atomic mass is 9.82. The molecule has 1 saturated carbocycles. The van der Waals surface area contributed by atoms with Gasteiger partial charge >= 0.3 is 0 Å². The zero-order valence-corrected chi connectivity index (χ0v) is 19.6. The van der Waals surface area contributed by atoms with E-state index < -0.39 is 6.17 Å². The largest absolute Gasteiger partial charge is 0.301 e. The number of nitriles is 1. The van der Waals surface area contributed by atoms with Crippen molar-refractivity contribution in [2.45, 2.75) is 83.8 Å². The Bertz CT molecular complexity index is 764. The van der Waals surface area contributed by atoms with E-state index in [1.165, 1.54) is 36.5 Å². The molecule has 3 heteroatoms. The van der Waals surface area contributed by atoms with Gasteiger partial charge < -0.3 is 4.90 Å². The maximum Gasteiger partial charge on any atom is 0.107 e. The van der Waals surface area contributed by atoms with Crippen molar-refractivity contribution in [1.29, 1.82) is 5.26 Å². The fourth-order valence-corrected chi connectivity index (χ4v) is 4.42. The van der Waals surface area contributed by atoms with Crippen LogP contribution in [0.15, 0.2) is 54.6 Å². The number of benzene rings is 2.